The first-order valence-electron chi connectivity index (χ1n) is 7.10. The van der Waals surface area contributed by atoms with E-state index in [0.29, 0.717) is 12.5 Å². The molecule has 1 aliphatic rings. The zero-order valence-electron chi connectivity index (χ0n) is 11.0. The van der Waals surface area contributed by atoms with Crippen LogP contribution in [0.3, 0.4) is 0 Å². The highest BCUT2D eigenvalue weighted by Gasteiger charge is 2.18. The molecule has 1 unspecified atom stereocenters. The van der Waals surface area contributed by atoms with Crippen LogP contribution < -0.4 is 5.32 Å². The van der Waals surface area contributed by atoms with E-state index in [9.17, 15) is 0 Å². The van der Waals surface area contributed by atoms with Gasteiger partial charge in [0.2, 0.25) is 0 Å². The van der Waals surface area contributed by atoms with Crippen LogP contribution in [0.15, 0.2) is 0 Å². The molecule has 2 heteroatoms. The summed E-state index contributed by atoms with van der Waals surface area (Å²) < 4.78 is 0. The Balaban J connectivity index is 2.15. The maximum Gasteiger partial charge on any atom is 0.0434 e. The molecule has 1 saturated carbocycles. The lowest BCUT2D eigenvalue weighted by Gasteiger charge is -2.28. The third-order valence-corrected chi connectivity index (χ3v) is 3.95. The quantitative estimate of drug-likeness (QED) is 0.701. The SMILES string of the molecule is CCCC(CCO)CNC1CCC(C)CC1. The van der Waals surface area contributed by atoms with Crippen molar-refractivity contribution in [2.75, 3.05) is 13.2 Å². The van der Waals surface area contributed by atoms with Gasteiger partial charge in [-0.3, -0.25) is 0 Å². The molecule has 1 rings (SSSR count). The van der Waals surface area contributed by atoms with E-state index >= 15 is 0 Å². The normalized spacial score (nSPS) is 27.9. The second-order valence-corrected chi connectivity index (χ2v) is 5.53. The van der Waals surface area contributed by atoms with Crippen LogP contribution in [0, 0.1) is 11.8 Å². The van der Waals surface area contributed by atoms with Crippen molar-refractivity contribution in [2.24, 2.45) is 11.8 Å². The van der Waals surface area contributed by atoms with Crippen LogP contribution in [0.1, 0.15) is 58.8 Å². The van der Waals surface area contributed by atoms with E-state index in [0.717, 1.165) is 24.9 Å². The first kappa shape index (κ1) is 14.0. The van der Waals surface area contributed by atoms with Crippen LogP contribution in [0.5, 0.6) is 0 Å². The van der Waals surface area contributed by atoms with Gasteiger partial charge in [-0.05, 0) is 56.9 Å². The Morgan fingerprint density at radius 2 is 1.88 bits per heavy atom. The fraction of sp³-hybridized carbons (Fsp3) is 1.00. The van der Waals surface area contributed by atoms with Gasteiger partial charge in [-0.1, -0.05) is 20.3 Å². The van der Waals surface area contributed by atoms with Crippen molar-refractivity contribution in [3.05, 3.63) is 0 Å². The Bertz CT molecular complexity index is 158. The Labute approximate surface area is 101 Å². The summed E-state index contributed by atoms with van der Waals surface area (Å²) in [6, 6.07) is 0.745. The molecule has 0 bridgehead atoms. The molecule has 2 nitrogen and oxygen atoms in total. The van der Waals surface area contributed by atoms with Crippen molar-refractivity contribution in [3.8, 4) is 0 Å². The summed E-state index contributed by atoms with van der Waals surface area (Å²) in [5.41, 5.74) is 0. The van der Waals surface area contributed by atoms with Crippen LogP contribution in [0.2, 0.25) is 0 Å². The van der Waals surface area contributed by atoms with E-state index in [1.54, 1.807) is 0 Å². The summed E-state index contributed by atoms with van der Waals surface area (Å²) in [6.45, 7) is 6.04. The van der Waals surface area contributed by atoms with Crippen molar-refractivity contribution in [3.63, 3.8) is 0 Å². The monoisotopic (exact) mass is 227 g/mol. The van der Waals surface area contributed by atoms with Gasteiger partial charge in [0.1, 0.15) is 0 Å². The molecule has 1 atom stereocenters. The van der Waals surface area contributed by atoms with E-state index < -0.39 is 0 Å². The summed E-state index contributed by atoms with van der Waals surface area (Å²) in [4.78, 5) is 0. The van der Waals surface area contributed by atoms with Crippen LogP contribution in [-0.2, 0) is 0 Å². The van der Waals surface area contributed by atoms with Gasteiger partial charge in [0, 0.05) is 12.6 Å². The Kier molecular flexibility index (Phi) is 7.06. The maximum absolute atomic E-state index is 9.01. The number of hydrogen-bond acceptors (Lipinski definition) is 2. The van der Waals surface area contributed by atoms with Crippen molar-refractivity contribution in [2.45, 2.75) is 64.8 Å². The highest BCUT2D eigenvalue weighted by Crippen LogP contribution is 2.23. The standard InChI is InChI=1S/C14H29NO/c1-3-4-13(9-10-16)11-15-14-7-5-12(2)6-8-14/h12-16H,3-11H2,1-2H3. The predicted molar refractivity (Wildman–Crippen MR) is 69.5 cm³/mol. The Hall–Kier alpha value is -0.0800. The number of aliphatic hydroxyl groups is 1. The van der Waals surface area contributed by atoms with Gasteiger partial charge < -0.3 is 10.4 Å². The lowest BCUT2D eigenvalue weighted by molar-refractivity contribution is 0.236. The van der Waals surface area contributed by atoms with Gasteiger partial charge in [-0.2, -0.15) is 0 Å². The molecule has 0 aromatic carbocycles. The third kappa shape index (κ3) is 5.31. The fourth-order valence-electron chi connectivity index (χ4n) is 2.74. The van der Waals surface area contributed by atoms with E-state index in [1.165, 1.54) is 38.5 Å². The lowest BCUT2D eigenvalue weighted by Crippen LogP contribution is -2.36. The molecule has 0 aromatic heterocycles. The van der Waals surface area contributed by atoms with Crippen molar-refractivity contribution >= 4 is 0 Å². The molecule has 16 heavy (non-hydrogen) atoms. The molecular formula is C14H29NO. The molecule has 0 aromatic rings. The minimum Gasteiger partial charge on any atom is -0.396 e. The number of nitrogens with one attached hydrogen (secondary N) is 1. The molecule has 1 aliphatic carbocycles. The number of aliphatic hydroxyl groups excluding tert-OH is 1. The van der Waals surface area contributed by atoms with E-state index in [1.807, 2.05) is 0 Å². The van der Waals surface area contributed by atoms with Crippen LogP contribution in [0.25, 0.3) is 0 Å². The fourth-order valence-corrected chi connectivity index (χ4v) is 2.74. The topological polar surface area (TPSA) is 32.3 Å². The maximum atomic E-state index is 9.01. The summed E-state index contributed by atoms with van der Waals surface area (Å²) in [5, 5.41) is 12.7. The van der Waals surface area contributed by atoms with Crippen LogP contribution in [0.4, 0.5) is 0 Å². The lowest BCUT2D eigenvalue weighted by atomic mass is 9.87. The minimum atomic E-state index is 0.341. The van der Waals surface area contributed by atoms with Gasteiger partial charge in [0.15, 0.2) is 0 Å². The van der Waals surface area contributed by atoms with Crippen LogP contribution in [-0.4, -0.2) is 24.3 Å². The van der Waals surface area contributed by atoms with Crippen molar-refractivity contribution in [1.82, 2.24) is 5.32 Å². The number of rotatable bonds is 7. The van der Waals surface area contributed by atoms with Gasteiger partial charge in [0.25, 0.3) is 0 Å². The molecule has 0 aliphatic heterocycles. The van der Waals surface area contributed by atoms with Crippen molar-refractivity contribution < 1.29 is 5.11 Å². The second kappa shape index (κ2) is 8.08. The molecule has 0 radical (unpaired) electrons. The van der Waals surface area contributed by atoms with Gasteiger partial charge in [0.05, 0.1) is 0 Å². The molecule has 0 heterocycles. The summed E-state index contributed by atoms with van der Waals surface area (Å²) in [5.74, 6) is 1.61. The predicted octanol–water partition coefficient (Wildman–Crippen LogP) is 2.95. The first-order valence-corrected chi connectivity index (χ1v) is 7.10. The summed E-state index contributed by atoms with van der Waals surface area (Å²) in [7, 11) is 0. The number of hydrogen-bond donors (Lipinski definition) is 2. The van der Waals surface area contributed by atoms with Crippen LogP contribution >= 0.6 is 0 Å². The van der Waals surface area contributed by atoms with E-state index in [-0.39, 0.29) is 0 Å². The summed E-state index contributed by atoms with van der Waals surface area (Å²) >= 11 is 0. The molecule has 0 spiro atoms. The Morgan fingerprint density at radius 3 is 2.44 bits per heavy atom. The van der Waals surface area contributed by atoms with Crippen molar-refractivity contribution in [1.29, 1.82) is 0 Å². The Morgan fingerprint density at radius 1 is 1.19 bits per heavy atom. The third-order valence-electron chi connectivity index (χ3n) is 3.95. The zero-order chi connectivity index (χ0) is 11.8. The molecule has 0 amide bonds. The molecule has 1 fully saturated rings. The second-order valence-electron chi connectivity index (χ2n) is 5.53. The highest BCUT2D eigenvalue weighted by atomic mass is 16.3. The molecule has 96 valence electrons. The largest absolute Gasteiger partial charge is 0.396 e. The van der Waals surface area contributed by atoms with E-state index in [4.69, 9.17) is 5.11 Å². The highest BCUT2D eigenvalue weighted by molar-refractivity contribution is 4.76. The molecular weight excluding hydrogens is 198 g/mol. The van der Waals surface area contributed by atoms with Gasteiger partial charge in [-0.15, -0.1) is 0 Å². The average molecular weight is 227 g/mol. The van der Waals surface area contributed by atoms with Gasteiger partial charge in [-0.25, -0.2) is 0 Å². The molecule has 2 N–H and O–H groups in total. The van der Waals surface area contributed by atoms with Gasteiger partial charge >= 0.3 is 0 Å². The average Bonchev–Trinajstić information content (AvgIpc) is 2.29. The zero-order valence-corrected chi connectivity index (χ0v) is 11.0. The molecule has 0 saturated heterocycles. The minimum absolute atomic E-state index is 0.341. The van der Waals surface area contributed by atoms with E-state index in [2.05, 4.69) is 19.2 Å². The summed E-state index contributed by atoms with van der Waals surface area (Å²) in [6.07, 6.45) is 8.90. The first-order chi connectivity index (χ1) is 7.76. The smallest absolute Gasteiger partial charge is 0.0434 e.